The van der Waals surface area contributed by atoms with Crippen molar-refractivity contribution < 1.29 is 23.8 Å². The summed E-state index contributed by atoms with van der Waals surface area (Å²) in [4.78, 5) is 29.5. The molecule has 13 heteroatoms. The predicted octanol–water partition coefficient (Wildman–Crippen LogP) is 10.3. The van der Waals surface area contributed by atoms with Crippen molar-refractivity contribution in [1.82, 2.24) is 4.98 Å². The van der Waals surface area contributed by atoms with Crippen molar-refractivity contribution in [3.63, 3.8) is 0 Å². The summed E-state index contributed by atoms with van der Waals surface area (Å²) in [6, 6.07) is 17.3. The van der Waals surface area contributed by atoms with Crippen molar-refractivity contribution in [2.24, 2.45) is 20.5 Å². The number of hydrogen-bond acceptors (Lipinski definition) is 13. The third-order valence-corrected chi connectivity index (χ3v) is 8.98. The molecule has 4 rings (SSSR count). The molecule has 2 aromatic carbocycles. The van der Waals surface area contributed by atoms with E-state index in [-0.39, 0.29) is 11.9 Å². The first-order valence-corrected chi connectivity index (χ1v) is 17.6. The van der Waals surface area contributed by atoms with Crippen molar-refractivity contribution in [3.05, 3.63) is 54.6 Å². The van der Waals surface area contributed by atoms with Crippen molar-refractivity contribution in [1.29, 1.82) is 0 Å². The topological polar surface area (TPSA) is 127 Å². The lowest BCUT2D eigenvalue weighted by Gasteiger charge is -2.18. The summed E-state index contributed by atoms with van der Waals surface area (Å²) >= 11 is 2.91. The molecule has 250 valence electrons. The average molecular weight is 679 g/mol. The highest BCUT2D eigenvalue weighted by Gasteiger charge is 2.09. The summed E-state index contributed by atoms with van der Waals surface area (Å²) in [7, 11) is 1.94. The fourth-order valence-electron chi connectivity index (χ4n) is 4.42. The van der Waals surface area contributed by atoms with E-state index in [1.54, 1.807) is 0 Å². The summed E-state index contributed by atoms with van der Waals surface area (Å²) in [5.41, 5.74) is 2.47. The first-order valence-electron chi connectivity index (χ1n) is 16.0. The van der Waals surface area contributed by atoms with Gasteiger partial charge in [0.05, 0.1) is 35.8 Å². The van der Waals surface area contributed by atoms with Gasteiger partial charge >= 0.3 is 11.9 Å². The van der Waals surface area contributed by atoms with Crippen LogP contribution in [-0.2, 0) is 19.1 Å². The molecule has 0 unspecified atom stereocenters. The molecule has 0 fully saturated rings. The van der Waals surface area contributed by atoms with Crippen LogP contribution in [0.1, 0.15) is 65.2 Å². The molecule has 0 aliphatic carbocycles. The van der Waals surface area contributed by atoms with E-state index in [0.29, 0.717) is 37.9 Å². The van der Waals surface area contributed by atoms with Gasteiger partial charge in [0.2, 0.25) is 5.13 Å². The van der Waals surface area contributed by atoms with Gasteiger partial charge in [-0.15, -0.1) is 20.5 Å². The molecule has 4 aromatic rings. The maximum absolute atomic E-state index is 11.1. The number of nitrogens with zero attached hydrogens (tertiary/aromatic N) is 6. The number of ether oxygens (including phenoxy) is 3. The minimum absolute atomic E-state index is 0.114. The molecule has 0 aliphatic rings. The van der Waals surface area contributed by atoms with Gasteiger partial charge in [-0.1, -0.05) is 61.7 Å². The third-order valence-electron chi connectivity index (χ3n) is 7.05. The number of fused-ring (bicyclic) bond motifs is 1. The van der Waals surface area contributed by atoms with E-state index in [1.165, 1.54) is 48.9 Å². The molecule has 2 heterocycles. The van der Waals surface area contributed by atoms with Crippen molar-refractivity contribution in [2.75, 3.05) is 38.3 Å². The Kier molecular flexibility index (Phi) is 14.7. The number of benzene rings is 2. The van der Waals surface area contributed by atoms with Crippen LogP contribution in [0.3, 0.4) is 0 Å². The predicted molar refractivity (Wildman–Crippen MR) is 188 cm³/mol. The molecule has 0 saturated carbocycles. The van der Waals surface area contributed by atoms with Crippen LogP contribution in [0.4, 0.5) is 27.2 Å². The second-order valence-electron chi connectivity index (χ2n) is 10.8. The van der Waals surface area contributed by atoms with Gasteiger partial charge in [0.15, 0.2) is 0 Å². The Morgan fingerprint density at radius 1 is 0.766 bits per heavy atom. The zero-order chi connectivity index (χ0) is 33.3. The number of carbonyl (C=O) groups is 2. The van der Waals surface area contributed by atoms with Gasteiger partial charge in [0, 0.05) is 26.1 Å². The quantitative estimate of drug-likeness (QED) is 0.0517. The van der Waals surface area contributed by atoms with Gasteiger partial charge < -0.3 is 19.1 Å². The Labute approximate surface area is 283 Å². The molecular weight excluding hydrogens is 637 g/mol. The molecule has 0 N–H and O–H groups in total. The van der Waals surface area contributed by atoms with Gasteiger partial charge in [-0.05, 0) is 67.4 Å². The standard InChI is InChI=1S/C34H42N6O5S2/c1-4-32(42)45-22-11-9-7-5-6-8-10-21-44-29-18-14-27(15-19-29)36-38-31-24-30-33(47-31)35-34(46-30)39-37-26-12-16-28(17-13-26)40(3)20-23-43-25(2)41/h12-19,24H,4-11,20-23H2,1-3H3. The van der Waals surface area contributed by atoms with Crippen LogP contribution in [0.5, 0.6) is 5.75 Å². The lowest BCUT2D eigenvalue weighted by atomic mass is 10.1. The second kappa shape index (κ2) is 19.4. The molecule has 11 nitrogen and oxygen atoms in total. The highest BCUT2D eigenvalue weighted by molar-refractivity contribution is 7.30. The van der Waals surface area contributed by atoms with E-state index < -0.39 is 0 Å². The monoisotopic (exact) mass is 678 g/mol. The van der Waals surface area contributed by atoms with Crippen LogP contribution in [0.15, 0.2) is 75.1 Å². The molecule has 0 amide bonds. The van der Waals surface area contributed by atoms with Gasteiger partial charge in [-0.2, -0.15) is 0 Å². The first-order chi connectivity index (χ1) is 22.9. The van der Waals surface area contributed by atoms with E-state index in [0.717, 1.165) is 63.0 Å². The average Bonchev–Trinajstić information content (AvgIpc) is 3.64. The minimum atomic E-state index is -0.281. The van der Waals surface area contributed by atoms with Crippen molar-refractivity contribution in [3.8, 4) is 5.75 Å². The third kappa shape index (κ3) is 12.8. The number of likely N-dealkylation sites (N-methyl/N-ethyl adjacent to an activating group) is 1. The summed E-state index contributed by atoms with van der Waals surface area (Å²) in [5.74, 6) is 0.431. The molecule has 0 radical (unpaired) electrons. The normalized spacial score (nSPS) is 11.5. The van der Waals surface area contributed by atoms with E-state index in [4.69, 9.17) is 14.2 Å². The zero-order valence-corrected chi connectivity index (χ0v) is 28.9. The summed E-state index contributed by atoms with van der Waals surface area (Å²) in [6.45, 7) is 5.40. The molecule has 0 bridgehead atoms. The number of esters is 2. The molecule has 0 saturated heterocycles. The van der Waals surface area contributed by atoms with E-state index in [9.17, 15) is 9.59 Å². The number of anilines is 1. The maximum Gasteiger partial charge on any atom is 0.305 e. The first kappa shape index (κ1) is 35.6. The van der Waals surface area contributed by atoms with Crippen molar-refractivity contribution in [2.45, 2.75) is 65.2 Å². The molecule has 0 atom stereocenters. The summed E-state index contributed by atoms with van der Waals surface area (Å²) < 4.78 is 17.0. The Morgan fingerprint density at radius 3 is 2.06 bits per heavy atom. The highest BCUT2D eigenvalue weighted by Crippen LogP contribution is 2.39. The lowest BCUT2D eigenvalue weighted by molar-refractivity contribution is -0.143. The van der Waals surface area contributed by atoms with Gasteiger partial charge in [0.1, 0.15) is 22.2 Å². The Bertz CT molecular complexity index is 1570. The molecule has 47 heavy (non-hydrogen) atoms. The number of rotatable bonds is 20. The van der Waals surface area contributed by atoms with Gasteiger partial charge in [-0.3, -0.25) is 9.59 Å². The van der Waals surface area contributed by atoms with Crippen LogP contribution >= 0.6 is 22.7 Å². The molecular formula is C34H42N6O5S2. The molecule has 2 aromatic heterocycles. The summed E-state index contributed by atoms with van der Waals surface area (Å²) in [6.07, 6.45) is 8.22. The number of azo groups is 2. The van der Waals surface area contributed by atoms with Gasteiger partial charge in [-0.25, -0.2) is 4.98 Å². The fraction of sp³-hybridized carbons (Fsp3) is 0.441. The van der Waals surface area contributed by atoms with E-state index >= 15 is 0 Å². The van der Waals surface area contributed by atoms with Crippen LogP contribution in [0.2, 0.25) is 0 Å². The Hall–Kier alpha value is -4.23. The number of carbonyl (C=O) groups excluding carboxylic acids is 2. The lowest BCUT2D eigenvalue weighted by Crippen LogP contribution is -2.23. The van der Waals surface area contributed by atoms with E-state index in [1.807, 2.05) is 73.5 Å². The highest BCUT2D eigenvalue weighted by atomic mass is 32.1. The van der Waals surface area contributed by atoms with Crippen molar-refractivity contribution >= 4 is 71.3 Å². The fourth-order valence-corrected chi connectivity index (χ4v) is 6.26. The van der Waals surface area contributed by atoms with Crippen LogP contribution < -0.4 is 9.64 Å². The van der Waals surface area contributed by atoms with Gasteiger partial charge in [0.25, 0.3) is 0 Å². The maximum atomic E-state index is 11.1. The SMILES string of the molecule is CCC(=O)OCCCCCCCCCOc1ccc(N=Nc2cc3sc(N=Nc4ccc(N(C)CCOC(C)=O)cc4)nc3s2)cc1. The second-order valence-corrected chi connectivity index (χ2v) is 12.8. The zero-order valence-electron chi connectivity index (χ0n) is 27.2. The Balaban J connectivity index is 1.13. The number of hydrogen-bond donors (Lipinski definition) is 0. The van der Waals surface area contributed by atoms with E-state index in [2.05, 4.69) is 25.4 Å². The number of aromatic nitrogens is 1. The molecule has 0 spiro atoms. The number of thiazole rings is 1. The van der Waals surface area contributed by atoms with Crippen LogP contribution in [0, 0.1) is 0 Å². The minimum Gasteiger partial charge on any atom is -0.494 e. The smallest absolute Gasteiger partial charge is 0.305 e. The van der Waals surface area contributed by atoms with Crippen LogP contribution in [-0.4, -0.2) is 50.3 Å². The number of unbranched alkanes of at least 4 members (excludes halogenated alkanes) is 6. The summed E-state index contributed by atoms with van der Waals surface area (Å²) in [5, 5.41) is 18.7. The molecule has 0 aliphatic heterocycles. The van der Waals surface area contributed by atoms with Crippen LogP contribution in [0.25, 0.3) is 9.53 Å². The Morgan fingerprint density at radius 2 is 1.40 bits per heavy atom. The largest absolute Gasteiger partial charge is 0.494 e. The number of thiophene rings is 1.